The van der Waals surface area contributed by atoms with Gasteiger partial charge in [0.2, 0.25) is 0 Å². The summed E-state index contributed by atoms with van der Waals surface area (Å²) in [4.78, 5) is 5.13. The molecule has 1 aromatic carbocycles. The summed E-state index contributed by atoms with van der Waals surface area (Å²) in [5.74, 6) is 1.01. The highest BCUT2D eigenvalue weighted by atomic mass is 35.5. The first-order chi connectivity index (χ1) is 10.2. The number of nitrogens with one attached hydrogen (secondary N) is 1. The number of benzene rings is 1. The van der Waals surface area contributed by atoms with E-state index in [1.807, 2.05) is 25.2 Å². The number of rotatable bonds is 3. The van der Waals surface area contributed by atoms with E-state index in [4.69, 9.17) is 16.0 Å². The molecule has 2 unspecified atom stereocenters. The second-order valence-electron chi connectivity index (χ2n) is 6.00. The number of likely N-dealkylation sites (N-methyl/N-ethyl adjacent to an activating group) is 1. The first-order valence-electron chi connectivity index (χ1n) is 7.57. The molecule has 0 aliphatic carbocycles. The fraction of sp³-hybridized carbons (Fsp3) is 0.500. The van der Waals surface area contributed by atoms with E-state index in [1.165, 1.54) is 13.1 Å². The third-order valence-electron chi connectivity index (χ3n) is 4.82. The van der Waals surface area contributed by atoms with E-state index in [1.54, 1.807) is 0 Å². The molecule has 1 N–H and O–H groups in total. The third-order valence-corrected chi connectivity index (χ3v) is 5.06. The van der Waals surface area contributed by atoms with Crippen molar-refractivity contribution in [1.82, 2.24) is 15.1 Å². The minimum absolute atomic E-state index is 0.222. The van der Waals surface area contributed by atoms with E-state index in [9.17, 15) is 0 Å². The Hall–Kier alpha value is -1.07. The lowest BCUT2D eigenvalue weighted by atomic mass is 9.98. The second-order valence-corrected chi connectivity index (χ2v) is 6.44. The predicted octanol–water partition coefficient (Wildman–Crippen LogP) is 2.35. The van der Waals surface area contributed by atoms with Crippen LogP contribution in [-0.2, 0) is 0 Å². The van der Waals surface area contributed by atoms with Gasteiger partial charge in [0.05, 0.1) is 6.04 Å². The van der Waals surface area contributed by atoms with Crippen LogP contribution in [0.1, 0.15) is 11.8 Å². The van der Waals surface area contributed by atoms with Crippen LogP contribution in [0, 0.1) is 0 Å². The molecule has 4 nitrogen and oxygen atoms in total. The Kier molecular flexibility index (Phi) is 3.42. The van der Waals surface area contributed by atoms with Crippen molar-refractivity contribution in [1.29, 1.82) is 0 Å². The molecule has 0 amide bonds. The van der Waals surface area contributed by atoms with Gasteiger partial charge in [-0.1, -0.05) is 11.6 Å². The van der Waals surface area contributed by atoms with Crippen LogP contribution in [0.4, 0.5) is 0 Å². The highest BCUT2D eigenvalue weighted by Gasteiger charge is 2.38. The number of hydrogen-bond acceptors (Lipinski definition) is 4. The van der Waals surface area contributed by atoms with Crippen molar-refractivity contribution in [2.24, 2.45) is 0 Å². The second kappa shape index (κ2) is 5.29. The maximum absolute atomic E-state index is 6.07. The van der Waals surface area contributed by atoms with E-state index in [2.05, 4.69) is 21.2 Å². The molecule has 5 heteroatoms. The van der Waals surface area contributed by atoms with Crippen LogP contribution < -0.4 is 5.32 Å². The van der Waals surface area contributed by atoms with Gasteiger partial charge in [-0.3, -0.25) is 9.80 Å². The maximum atomic E-state index is 6.07. The van der Waals surface area contributed by atoms with E-state index in [0.29, 0.717) is 6.04 Å². The lowest BCUT2D eigenvalue weighted by Crippen LogP contribution is -2.63. The van der Waals surface area contributed by atoms with Crippen molar-refractivity contribution < 1.29 is 4.42 Å². The monoisotopic (exact) mass is 305 g/mol. The third kappa shape index (κ3) is 2.36. The maximum Gasteiger partial charge on any atom is 0.134 e. The predicted molar refractivity (Wildman–Crippen MR) is 84.8 cm³/mol. The van der Waals surface area contributed by atoms with Crippen LogP contribution in [0.2, 0.25) is 5.02 Å². The van der Waals surface area contributed by atoms with Gasteiger partial charge in [-0.2, -0.15) is 0 Å². The number of fused-ring (bicyclic) bond motifs is 4. The number of piperazine rings is 3. The van der Waals surface area contributed by atoms with E-state index < -0.39 is 0 Å². The highest BCUT2D eigenvalue weighted by Crippen LogP contribution is 2.31. The van der Waals surface area contributed by atoms with Crippen molar-refractivity contribution in [3.63, 3.8) is 0 Å². The van der Waals surface area contributed by atoms with Crippen molar-refractivity contribution >= 4 is 22.6 Å². The Morgan fingerprint density at radius 2 is 2.05 bits per heavy atom. The first-order valence-corrected chi connectivity index (χ1v) is 7.95. The molecule has 2 atom stereocenters. The van der Waals surface area contributed by atoms with Gasteiger partial charge in [0, 0.05) is 49.2 Å². The zero-order valence-electron chi connectivity index (χ0n) is 12.2. The molecule has 4 heterocycles. The van der Waals surface area contributed by atoms with Gasteiger partial charge < -0.3 is 9.73 Å². The average molecular weight is 306 g/mol. The molecular weight excluding hydrogens is 286 g/mol. The molecule has 3 aliphatic heterocycles. The SMILES string of the molecule is CNC(c1cc2cc(Cl)ccc2o1)C1CN2CCN1CC2. The van der Waals surface area contributed by atoms with Gasteiger partial charge in [0.15, 0.2) is 0 Å². The first kappa shape index (κ1) is 13.6. The largest absolute Gasteiger partial charge is 0.459 e. The summed E-state index contributed by atoms with van der Waals surface area (Å²) < 4.78 is 6.07. The van der Waals surface area contributed by atoms with Gasteiger partial charge in [0.1, 0.15) is 11.3 Å². The van der Waals surface area contributed by atoms with Gasteiger partial charge in [-0.15, -0.1) is 0 Å². The summed E-state index contributed by atoms with van der Waals surface area (Å²) in [6, 6.07) is 8.62. The normalized spacial score (nSPS) is 29.9. The van der Waals surface area contributed by atoms with Crippen LogP contribution in [0.15, 0.2) is 28.7 Å². The molecule has 2 bridgehead atoms. The molecule has 2 aromatic rings. The van der Waals surface area contributed by atoms with Gasteiger partial charge in [-0.05, 0) is 31.3 Å². The minimum Gasteiger partial charge on any atom is -0.459 e. The van der Waals surface area contributed by atoms with Gasteiger partial charge in [-0.25, -0.2) is 0 Å². The summed E-state index contributed by atoms with van der Waals surface area (Å²) in [7, 11) is 2.02. The van der Waals surface area contributed by atoms with E-state index >= 15 is 0 Å². The molecule has 112 valence electrons. The summed E-state index contributed by atoms with van der Waals surface area (Å²) in [5, 5.41) is 5.28. The number of hydrogen-bond donors (Lipinski definition) is 1. The zero-order chi connectivity index (χ0) is 14.4. The average Bonchev–Trinajstić information content (AvgIpc) is 2.92. The van der Waals surface area contributed by atoms with E-state index in [0.717, 1.165) is 41.4 Å². The number of furan rings is 1. The fourth-order valence-corrected chi connectivity index (χ4v) is 3.87. The van der Waals surface area contributed by atoms with Crippen LogP contribution in [0.25, 0.3) is 11.0 Å². The van der Waals surface area contributed by atoms with Crippen LogP contribution in [-0.4, -0.2) is 55.6 Å². The number of nitrogens with zero attached hydrogens (tertiary/aromatic N) is 2. The molecule has 21 heavy (non-hydrogen) atoms. The van der Waals surface area contributed by atoms with Crippen LogP contribution >= 0.6 is 11.6 Å². The molecule has 0 radical (unpaired) electrons. The minimum atomic E-state index is 0.222. The topological polar surface area (TPSA) is 31.7 Å². The Labute approximate surface area is 129 Å². The Balaban J connectivity index is 1.67. The standard InChI is InChI=1S/C16H20ClN3O/c1-18-16(13-10-19-4-6-20(13)7-5-19)15-9-11-8-12(17)2-3-14(11)21-15/h2-3,8-9,13,16,18H,4-7,10H2,1H3. The fourth-order valence-electron chi connectivity index (χ4n) is 3.69. The van der Waals surface area contributed by atoms with Crippen LogP contribution in [0.5, 0.6) is 0 Å². The molecule has 0 spiro atoms. The molecule has 1 aromatic heterocycles. The van der Waals surface area contributed by atoms with Crippen molar-refractivity contribution in [2.75, 3.05) is 39.8 Å². The zero-order valence-corrected chi connectivity index (χ0v) is 12.9. The molecule has 3 fully saturated rings. The smallest absolute Gasteiger partial charge is 0.134 e. The van der Waals surface area contributed by atoms with Gasteiger partial charge >= 0.3 is 0 Å². The summed E-state index contributed by atoms with van der Waals surface area (Å²) in [6.07, 6.45) is 0. The molecule has 3 saturated heterocycles. The van der Waals surface area contributed by atoms with Gasteiger partial charge in [0.25, 0.3) is 0 Å². The number of halogens is 1. The molecule has 5 rings (SSSR count). The van der Waals surface area contributed by atoms with Crippen LogP contribution in [0.3, 0.4) is 0 Å². The Bertz CT molecular complexity index is 648. The lowest BCUT2D eigenvalue weighted by molar-refractivity contribution is -0.00544. The quantitative estimate of drug-likeness (QED) is 0.943. The van der Waals surface area contributed by atoms with Crippen molar-refractivity contribution in [3.8, 4) is 0 Å². The summed E-state index contributed by atoms with van der Waals surface area (Å²) in [5.41, 5.74) is 0.908. The van der Waals surface area contributed by atoms with Crippen molar-refractivity contribution in [3.05, 3.63) is 35.0 Å². The highest BCUT2D eigenvalue weighted by molar-refractivity contribution is 6.31. The molecular formula is C16H20ClN3O. The lowest BCUT2D eigenvalue weighted by Gasteiger charge is -2.49. The molecule has 3 aliphatic rings. The van der Waals surface area contributed by atoms with Crippen molar-refractivity contribution in [2.45, 2.75) is 12.1 Å². The molecule has 0 saturated carbocycles. The Morgan fingerprint density at radius 1 is 1.24 bits per heavy atom. The summed E-state index contributed by atoms with van der Waals surface area (Å²) in [6.45, 7) is 5.83. The summed E-state index contributed by atoms with van der Waals surface area (Å²) >= 11 is 6.07. The Morgan fingerprint density at radius 3 is 2.71 bits per heavy atom. The van der Waals surface area contributed by atoms with E-state index in [-0.39, 0.29) is 6.04 Å².